The van der Waals surface area contributed by atoms with Gasteiger partial charge in [0.2, 0.25) is 5.78 Å². The second-order valence-electron chi connectivity index (χ2n) is 13.0. The number of carbonyl (C=O) groups excluding carboxylic acids is 3. The Kier molecular flexibility index (Phi) is 6.83. The highest BCUT2D eigenvalue weighted by atomic mass is 16.3. The number of nitrogens with zero attached hydrogens (tertiary/aromatic N) is 2. The fourth-order valence-electron chi connectivity index (χ4n) is 7.91. The highest BCUT2D eigenvalue weighted by molar-refractivity contribution is 6.25. The molecule has 1 fully saturated rings. The van der Waals surface area contributed by atoms with Gasteiger partial charge in [-0.2, -0.15) is 0 Å². The number of benzene rings is 2. The van der Waals surface area contributed by atoms with E-state index in [0.717, 1.165) is 17.7 Å². The Labute approximate surface area is 250 Å². The van der Waals surface area contributed by atoms with E-state index in [-0.39, 0.29) is 29.7 Å². The largest absolute Gasteiger partial charge is 0.508 e. The number of phenols is 1. The zero-order valence-corrected chi connectivity index (χ0v) is 25.6. The monoisotopic (exact) mass is 589 g/mol. The Morgan fingerprint density at radius 2 is 1.65 bits per heavy atom. The average Bonchev–Trinajstić information content (AvgIpc) is 2.90. The molecule has 3 aliphatic carbocycles. The maximum Gasteiger partial charge on any atom is 0.255 e. The van der Waals surface area contributed by atoms with Crippen LogP contribution in [0.3, 0.4) is 0 Å². The predicted octanol–water partition coefficient (Wildman–Crippen LogP) is 3.04. The molecule has 10 nitrogen and oxygen atoms in total. The quantitative estimate of drug-likeness (QED) is 0.330. The van der Waals surface area contributed by atoms with E-state index in [1.54, 1.807) is 21.0 Å². The molecule has 0 unspecified atom stereocenters. The number of ketones is 2. The second-order valence-corrected chi connectivity index (χ2v) is 13.0. The number of rotatable bonds is 5. The van der Waals surface area contributed by atoms with Gasteiger partial charge >= 0.3 is 0 Å². The number of hydrogen-bond donors (Lipinski definition) is 5. The van der Waals surface area contributed by atoms with Gasteiger partial charge < -0.3 is 31.1 Å². The molecule has 5 rings (SSSR count). The molecule has 1 amide bonds. The first-order valence-electron chi connectivity index (χ1n) is 14.3. The summed E-state index contributed by atoms with van der Waals surface area (Å²) < 4.78 is 0. The molecule has 43 heavy (non-hydrogen) atoms. The van der Waals surface area contributed by atoms with E-state index < -0.39 is 57.0 Å². The first kappa shape index (κ1) is 30.3. The van der Waals surface area contributed by atoms with Gasteiger partial charge in [0, 0.05) is 41.7 Å². The number of carbonyl (C=O) groups is 3. The van der Waals surface area contributed by atoms with Gasteiger partial charge in [0.15, 0.2) is 11.4 Å². The Balaban J connectivity index is 1.83. The Bertz CT molecular complexity index is 1660. The van der Waals surface area contributed by atoms with Crippen LogP contribution in [0.15, 0.2) is 47.2 Å². The smallest absolute Gasteiger partial charge is 0.255 e. The van der Waals surface area contributed by atoms with Gasteiger partial charge in [-0.05, 0) is 56.1 Å². The summed E-state index contributed by atoms with van der Waals surface area (Å²) in [6.45, 7) is 5.34. The first-order chi connectivity index (χ1) is 20.0. The third-order valence-electron chi connectivity index (χ3n) is 9.76. The molecule has 0 radical (unpaired) electrons. The Morgan fingerprint density at radius 1 is 1.05 bits per heavy atom. The molecule has 2 aromatic rings. The number of primary amides is 1. The Morgan fingerprint density at radius 3 is 2.16 bits per heavy atom. The number of aromatic hydroxyl groups is 1. The van der Waals surface area contributed by atoms with E-state index in [9.17, 15) is 34.8 Å². The van der Waals surface area contributed by atoms with Gasteiger partial charge in [0.1, 0.15) is 22.8 Å². The van der Waals surface area contributed by atoms with Crippen LogP contribution in [-0.2, 0) is 27.2 Å². The minimum Gasteiger partial charge on any atom is -0.508 e. The third-order valence-corrected chi connectivity index (χ3v) is 9.76. The number of Topliss-reactive ketones (excluding diaryl/α,β-unsaturated/α-hetero) is 2. The van der Waals surface area contributed by atoms with Crippen molar-refractivity contribution in [2.75, 3.05) is 33.1 Å². The summed E-state index contributed by atoms with van der Waals surface area (Å²) >= 11 is 0. The molecular formula is C33H39N3O7. The van der Waals surface area contributed by atoms with Crippen LogP contribution in [-0.4, -0.2) is 82.6 Å². The van der Waals surface area contributed by atoms with Crippen LogP contribution in [0.2, 0.25) is 0 Å². The minimum absolute atomic E-state index is 0.0282. The summed E-state index contributed by atoms with van der Waals surface area (Å²) in [6, 6.07) is 8.32. The zero-order chi connectivity index (χ0) is 32.0. The van der Waals surface area contributed by atoms with Crippen molar-refractivity contribution in [3.05, 3.63) is 63.9 Å². The molecule has 10 heteroatoms. The van der Waals surface area contributed by atoms with Gasteiger partial charge in [-0.25, -0.2) is 0 Å². The summed E-state index contributed by atoms with van der Waals surface area (Å²) in [7, 11) is 6.85. The van der Waals surface area contributed by atoms with Crippen molar-refractivity contribution in [1.82, 2.24) is 4.90 Å². The molecule has 4 atom stereocenters. The number of aliphatic hydroxyl groups is 3. The summed E-state index contributed by atoms with van der Waals surface area (Å²) in [5, 5.41) is 47.0. The van der Waals surface area contributed by atoms with Crippen LogP contribution in [0.25, 0.3) is 16.9 Å². The van der Waals surface area contributed by atoms with Crippen LogP contribution in [0, 0.1) is 10.8 Å². The molecule has 0 spiro atoms. The van der Waals surface area contributed by atoms with Crippen molar-refractivity contribution in [3.63, 3.8) is 0 Å². The van der Waals surface area contributed by atoms with Crippen molar-refractivity contribution >= 4 is 28.9 Å². The van der Waals surface area contributed by atoms with Gasteiger partial charge in [-0.1, -0.05) is 45.0 Å². The van der Waals surface area contributed by atoms with E-state index >= 15 is 0 Å². The normalized spacial score (nSPS) is 28.5. The molecule has 0 aromatic heterocycles. The lowest BCUT2D eigenvalue weighted by atomic mass is 9.46. The summed E-state index contributed by atoms with van der Waals surface area (Å²) in [6.07, 6.45) is 0.990. The Hall–Kier alpha value is -4.15. The fraction of sp³-hybridized carbons (Fsp3) is 0.424. The van der Waals surface area contributed by atoms with E-state index in [1.165, 1.54) is 11.8 Å². The van der Waals surface area contributed by atoms with Gasteiger partial charge in [0.05, 0.1) is 11.6 Å². The van der Waals surface area contributed by atoms with E-state index in [4.69, 9.17) is 5.73 Å². The molecular weight excluding hydrogens is 550 g/mol. The number of amides is 1. The third kappa shape index (κ3) is 3.89. The van der Waals surface area contributed by atoms with Crippen molar-refractivity contribution in [3.8, 4) is 16.9 Å². The standard InChI is InChI=1S/C33H39N3O7/c1-8-16-9-11-17(12-10-16)18-13-20(35(4)5)19-14-31(2)15-32(3)27(36(6)7)26(39)22(30(34)42)28(40)33(32,43)29(41)23(31)25(38)21(19)24(18)37/h9-13,27,37-38,40,43H,8,14-15H2,1-7H3,(H2,34,42)/t27-,31+,32+,33-/m1/s1. The molecule has 0 aliphatic heterocycles. The summed E-state index contributed by atoms with van der Waals surface area (Å²) in [5.74, 6) is -4.99. The number of fused-ring (bicyclic) bond motifs is 3. The number of hydrogen-bond acceptors (Lipinski definition) is 9. The SMILES string of the molecule is CCc1ccc(-c2cc(N(C)C)c3c(c2O)C(O)=C2C(=O)[C@]4(O)C(O)=C(C(N)=O)C(=O)[C@@H](N(C)C)[C@]4(C)C[C@]2(C)C3)cc1. The summed E-state index contributed by atoms with van der Waals surface area (Å²) in [5.41, 5.74) is 2.57. The number of anilines is 1. The lowest BCUT2D eigenvalue weighted by Gasteiger charge is -2.59. The van der Waals surface area contributed by atoms with E-state index in [0.29, 0.717) is 16.7 Å². The van der Waals surface area contributed by atoms with Crippen molar-refractivity contribution < 1.29 is 34.8 Å². The molecule has 0 heterocycles. The molecule has 0 bridgehead atoms. The highest BCUT2D eigenvalue weighted by Crippen LogP contribution is 2.64. The minimum atomic E-state index is -2.76. The van der Waals surface area contributed by atoms with Crippen LogP contribution < -0.4 is 10.6 Å². The van der Waals surface area contributed by atoms with Crippen LogP contribution in [0.1, 0.15) is 43.9 Å². The van der Waals surface area contributed by atoms with E-state index in [1.807, 2.05) is 56.3 Å². The fourth-order valence-corrected chi connectivity index (χ4v) is 7.91. The van der Waals surface area contributed by atoms with Crippen LogP contribution in [0.5, 0.6) is 5.75 Å². The maximum atomic E-state index is 14.5. The van der Waals surface area contributed by atoms with Gasteiger partial charge in [-0.15, -0.1) is 0 Å². The highest BCUT2D eigenvalue weighted by Gasteiger charge is 2.72. The number of phenolic OH excluding ortho intramolecular Hbond substituents is 1. The zero-order valence-electron chi connectivity index (χ0n) is 25.6. The lowest BCUT2D eigenvalue weighted by molar-refractivity contribution is -0.175. The van der Waals surface area contributed by atoms with Crippen LogP contribution in [0.4, 0.5) is 5.69 Å². The first-order valence-corrected chi connectivity index (χ1v) is 14.3. The molecule has 228 valence electrons. The average molecular weight is 590 g/mol. The molecule has 1 saturated carbocycles. The van der Waals surface area contributed by atoms with Crippen molar-refractivity contribution in [2.24, 2.45) is 16.6 Å². The molecule has 0 saturated heterocycles. The maximum absolute atomic E-state index is 14.5. The summed E-state index contributed by atoms with van der Waals surface area (Å²) in [4.78, 5) is 43.8. The molecule has 2 aromatic carbocycles. The second kappa shape index (κ2) is 9.68. The predicted molar refractivity (Wildman–Crippen MR) is 163 cm³/mol. The van der Waals surface area contributed by atoms with Crippen LogP contribution >= 0.6 is 0 Å². The number of aryl methyl sites for hydroxylation is 1. The number of nitrogens with two attached hydrogens (primary N) is 1. The topological polar surface area (TPSA) is 165 Å². The number of likely N-dealkylation sites (N-methyl/N-ethyl adjacent to an activating group) is 1. The van der Waals surface area contributed by atoms with Gasteiger partial charge in [0.25, 0.3) is 5.91 Å². The van der Waals surface area contributed by atoms with Crippen molar-refractivity contribution in [1.29, 1.82) is 0 Å². The molecule has 6 N–H and O–H groups in total. The van der Waals surface area contributed by atoms with E-state index in [2.05, 4.69) is 0 Å². The molecule has 3 aliphatic rings. The van der Waals surface area contributed by atoms with Gasteiger partial charge in [-0.3, -0.25) is 19.3 Å². The number of aliphatic hydroxyl groups excluding tert-OH is 2. The van der Waals surface area contributed by atoms with Crippen molar-refractivity contribution in [2.45, 2.75) is 51.7 Å². The lowest BCUT2D eigenvalue weighted by Crippen LogP contribution is -2.72.